The van der Waals surface area contributed by atoms with Gasteiger partial charge in [-0.15, -0.1) is 0 Å². The zero-order valence-electron chi connectivity index (χ0n) is 9.66. The van der Waals surface area contributed by atoms with E-state index in [1.54, 1.807) is 0 Å². The van der Waals surface area contributed by atoms with Gasteiger partial charge in [-0.1, -0.05) is 18.2 Å². The minimum Gasteiger partial charge on any atom is -0.490 e. The second kappa shape index (κ2) is 5.73. The molecule has 0 aliphatic heterocycles. The Balaban J connectivity index is 2.40. The average Bonchev–Trinajstić information content (AvgIpc) is 2.15. The van der Waals surface area contributed by atoms with Crippen LogP contribution in [0, 0.1) is 6.92 Å². The van der Waals surface area contributed by atoms with Crippen LogP contribution >= 0.6 is 0 Å². The van der Waals surface area contributed by atoms with E-state index in [-0.39, 0.29) is 0 Å². The molecule has 0 heterocycles. The van der Waals surface area contributed by atoms with Crippen LogP contribution in [0.15, 0.2) is 24.3 Å². The quantitative estimate of drug-likeness (QED) is 0.710. The number of hydrogen-bond acceptors (Lipinski definition) is 2. The predicted octanol–water partition coefficient (Wildman–Crippen LogP) is -0.121. The van der Waals surface area contributed by atoms with Crippen molar-refractivity contribution in [2.45, 2.75) is 13.0 Å². The summed E-state index contributed by atoms with van der Waals surface area (Å²) in [4.78, 5) is 1.22. The van der Waals surface area contributed by atoms with Crippen molar-refractivity contribution in [3.63, 3.8) is 0 Å². The van der Waals surface area contributed by atoms with Gasteiger partial charge in [0.2, 0.25) is 0 Å². The van der Waals surface area contributed by atoms with Gasteiger partial charge in [-0.05, 0) is 18.6 Å². The molecule has 0 aromatic heterocycles. The van der Waals surface area contributed by atoms with Gasteiger partial charge >= 0.3 is 0 Å². The van der Waals surface area contributed by atoms with E-state index in [2.05, 4.69) is 0 Å². The van der Waals surface area contributed by atoms with Gasteiger partial charge in [0, 0.05) is 0 Å². The molecule has 0 fully saturated rings. The van der Waals surface area contributed by atoms with Gasteiger partial charge < -0.3 is 14.7 Å². The first-order chi connectivity index (χ1) is 7.09. The van der Waals surface area contributed by atoms with Crippen LogP contribution in [0.5, 0.6) is 5.75 Å². The number of para-hydroxylation sites is 1. The number of rotatable bonds is 5. The van der Waals surface area contributed by atoms with Crippen molar-refractivity contribution >= 4 is 0 Å². The van der Waals surface area contributed by atoms with E-state index in [0.717, 1.165) is 11.3 Å². The van der Waals surface area contributed by atoms with E-state index < -0.39 is 6.10 Å². The van der Waals surface area contributed by atoms with E-state index in [1.807, 2.05) is 45.3 Å². The van der Waals surface area contributed by atoms with Gasteiger partial charge in [-0.3, -0.25) is 0 Å². The van der Waals surface area contributed by atoms with E-state index >= 15 is 0 Å². The Morgan fingerprint density at radius 1 is 1.33 bits per heavy atom. The summed E-state index contributed by atoms with van der Waals surface area (Å²) in [6.07, 6.45) is -0.408. The zero-order chi connectivity index (χ0) is 11.3. The van der Waals surface area contributed by atoms with Crippen molar-refractivity contribution in [3.8, 4) is 5.75 Å². The largest absolute Gasteiger partial charge is 0.490 e. The third kappa shape index (κ3) is 4.32. The molecule has 15 heavy (non-hydrogen) atoms. The lowest BCUT2D eigenvalue weighted by Gasteiger charge is -2.15. The van der Waals surface area contributed by atoms with Gasteiger partial charge in [-0.25, -0.2) is 0 Å². The van der Waals surface area contributed by atoms with Crippen LogP contribution < -0.4 is 9.64 Å². The molecule has 84 valence electrons. The summed E-state index contributed by atoms with van der Waals surface area (Å²) in [5.74, 6) is 0.852. The van der Waals surface area contributed by atoms with Crippen molar-refractivity contribution in [1.29, 1.82) is 0 Å². The number of aryl methyl sites for hydroxylation is 1. The highest BCUT2D eigenvalue weighted by Crippen LogP contribution is 2.15. The normalized spacial score (nSPS) is 12.9. The molecule has 0 radical (unpaired) electrons. The molecule has 0 spiro atoms. The Kier molecular flexibility index (Phi) is 4.59. The lowest BCUT2D eigenvalue weighted by Crippen LogP contribution is -3.07. The molecule has 3 nitrogen and oxygen atoms in total. The van der Waals surface area contributed by atoms with Gasteiger partial charge in [-0.2, -0.15) is 0 Å². The molecule has 1 atom stereocenters. The Morgan fingerprint density at radius 2 is 2.00 bits per heavy atom. The highest BCUT2D eigenvalue weighted by molar-refractivity contribution is 5.31. The number of aliphatic hydroxyl groups is 1. The Hall–Kier alpha value is -1.06. The van der Waals surface area contributed by atoms with Crippen LogP contribution in [-0.2, 0) is 0 Å². The van der Waals surface area contributed by atoms with Gasteiger partial charge in [0.1, 0.15) is 25.0 Å². The highest BCUT2D eigenvalue weighted by atomic mass is 16.5. The van der Waals surface area contributed by atoms with Crippen LogP contribution in [0.4, 0.5) is 0 Å². The third-order valence-electron chi connectivity index (χ3n) is 2.17. The maximum atomic E-state index is 9.63. The Morgan fingerprint density at radius 3 is 2.60 bits per heavy atom. The number of quaternary nitrogens is 1. The average molecular weight is 210 g/mol. The number of ether oxygens (including phenoxy) is 1. The lowest BCUT2D eigenvalue weighted by molar-refractivity contribution is -0.861. The Bertz CT molecular complexity index is 299. The molecule has 3 heteroatoms. The van der Waals surface area contributed by atoms with E-state index in [0.29, 0.717) is 13.2 Å². The predicted molar refractivity (Wildman–Crippen MR) is 60.4 cm³/mol. The fourth-order valence-electron chi connectivity index (χ4n) is 1.43. The minimum atomic E-state index is -0.408. The molecule has 0 saturated heterocycles. The smallest absolute Gasteiger partial charge is 0.137 e. The van der Waals surface area contributed by atoms with Crippen LogP contribution in [0.2, 0.25) is 0 Å². The molecule has 0 bridgehead atoms. The fourth-order valence-corrected chi connectivity index (χ4v) is 1.43. The molecule has 1 aromatic rings. The molecule has 0 unspecified atom stereocenters. The van der Waals surface area contributed by atoms with Crippen LogP contribution in [0.25, 0.3) is 0 Å². The van der Waals surface area contributed by atoms with E-state index in [4.69, 9.17) is 4.74 Å². The first-order valence-electron chi connectivity index (χ1n) is 5.25. The van der Waals surface area contributed by atoms with Crippen LogP contribution in [0.3, 0.4) is 0 Å². The van der Waals surface area contributed by atoms with Crippen molar-refractivity contribution in [2.24, 2.45) is 0 Å². The summed E-state index contributed by atoms with van der Waals surface area (Å²) in [7, 11) is 4.02. The summed E-state index contributed by atoms with van der Waals surface area (Å²) < 4.78 is 5.54. The van der Waals surface area contributed by atoms with Gasteiger partial charge in [0.05, 0.1) is 14.1 Å². The maximum Gasteiger partial charge on any atom is 0.137 e. The standard InChI is InChI=1S/C12H19NO2/c1-10-6-4-5-7-12(10)15-9-11(14)8-13(2)3/h4-7,11,14H,8-9H2,1-3H3/p+1/t11-/m0/s1. The zero-order valence-corrected chi connectivity index (χ0v) is 9.66. The molecule has 0 amide bonds. The molecule has 0 saturated carbocycles. The van der Waals surface area contributed by atoms with Crippen molar-refractivity contribution in [1.82, 2.24) is 0 Å². The summed E-state index contributed by atoms with van der Waals surface area (Å²) in [6.45, 7) is 3.06. The third-order valence-corrected chi connectivity index (χ3v) is 2.17. The van der Waals surface area contributed by atoms with Gasteiger partial charge in [0.15, 0.2) is 0 Å². The molecule has 0 aliphatic rings. The number of nitrogens with one attached hydrogen (secondary N) is 1. The number of aliphatic hydroxyl groups excluding tert-OH is 1. The van der Waals surface area contributed by atoms with Crippen molar-refractivity contribution < 1.29 is 14.7 Å². The van der Waals surface area contributed by atoms with E-state index in [9.17, 15) is 5.11 Å². The lowest BCUT2D eigenvalue weighted by atomic mass is 10.2. The highest BCUT2D eigenvalue weighted by Gasteiger charge is 2.09. The fraction of sp³-hybridized carbons (Fsp3) is 0.500. The molecular weight excluding hydrogens is 190 g/mol. The topological polar surface area (TPSA) is 33.9 Å². The second-order valence-electron chi connectivity index (χ2n) is 4.14. The summed E-state index contributed by atoms with van der Waals surface area (Å²) >= 11 is 0. The van der Waals surface area contributed by atoms with Gasteiger partial charge in [0.25, 0.3) is 0 Å². The summed E-state index contributed by atoms with van der Waals surface area (Å²) in [6, 6.07) is 7.83. The number of likely N-dealkylation sites (N-methyl/N-ethyl adjacent to an activating group) is 1. The molecule has 0 aliphatic carbocycles. The monoisotopic (exact) mass is 210 g/mol. The number of hydrogen-bond donors (Lipinski definition) is 2. The van der Waals surface area contributed by atoms with Crippen LogP contribution in [-0.4, -0.2) is 38.5 Å². The SMILES string of the molecule is Cc1ccccc1OC[C@@H](O)C[NH+](C)C. The second-order valence-corrected chi connectivity index (χ2v) is 4.14. The first kappa shape index (κ1) is 12.0. The summed E-state index contributed by atoms with van der Waals surface area (Å²) in [5.41, 5.74) is 1.10. The minimum absolute atomic E-state index is 0.357. The Labute approximate surface area is 91.3 Å². The maximum absolute atomic E-state index is 9.63. The van der Waals surface area contributed by atoms with E-state index in [1.165, 1.54) is 4.90 Å². The first-order valence-corrected chi connectivity index (χ1v) is 5.25. The summed E-state index contributed by atoms with van der Waals surface area (Å²) in [5, 5.41) is 9.63. The number of benzene rings is 1. The molecule has 1 aromatic carbocycles. The van der Waals surface area contributed by atoms with Crippen LogP contribution in [0.1, 0.15) is 5.56 Å². The van der Waals surface area contributed by atoms with Crippen molar-refractivity contribution in [2.75, 3.05) is 27.2 Å². The molecule has 1 rings (SSSR count). The molecular formula is C12H20NO2+. The van der Waals surface area contributed by atoms with Crippen molar-refractivity contribution in [3.05, 3.63) is 29.8 Å². The molecule has 2 N–H and O–H groups in total.